The van der Waals surface area contributed by atoms with Crippen LogP contribution in [0.2, 0.25) is 0 Å². The quantitative estimate of drug-likeness (QED) is 0.528. The summed E-state index contributed by atoms with van der Waals surface area (Å²) in [5.41, 5.74) is 2.07. The van der Waals surface area contributed by atoms with Crippen LogP contribution in [-0.4, -0.2) is 21.9 Å². The Bertz CT molecular complexity index is 1010. The maximum absolute atomic E-state index is 13.6. The van der Waals surface area contributed by atoms with Crippen molar-refractivity contribution in [3.8, 4) is 0 Å². The first-order valence-corrected chi connectivity index (χ1v) is 9.97. The summed E-state index contributed by atoms with van der Waals surface area (Å²) in [4.78, 5) is 27.9. The highest BCUT2D eigenvalue weighted by Crippen LogP contribution is 2.16. The molecule has 0 bridgehead atoms. The van der Waals surface area contributed by atoms with E-state index in [1.54, 1.807) is 24.4 Å². The second-order valence-electron chi connectivity index (χ2n) is 6.91. The number of unbranched alkanes of at least 4 members (excludes halogenated alkanes) is 1. The number of amides is 1. The van der Waals surface area contributed by atoms with Crippen molar-refractivity contribution in [1.82, 2.24) is 9.47 Å². The summed E-state index contributed by atoms with van der Waals surface area (Å²) in [6, 6.07) is 24.5. The number of pyridine rings is 1. The Morgan fingerprint density at radius 2 is 1.59 bits per heavy atom. The van der Waals surface area contributed by atoms with Gasteiger partial charge in [0.05, 0.1) is 0 Å². The van der Waals surface area contributed by atoms with Crippen LogP contribution in [0.5, 0.6) is 0 Å². The van der Waals surface area contributed by atoms with E-state index >= 15 is 0 Å². The lowest BCUT2D eigenvalue weighted by molar-refractivity contribution is -0.126. The molecular weight excluding hydrogens is 360 g/mol. The number of rotatable bonds is 8. The first-order chi connectivity index (χ1) is 14.2. The van der Waals surface area contributed by atoms with Crippen LogP contribution in [0.25, 0.3) is 11.8 Å². The number of carbonyl (C=O) groups excluding carboxylic acids is 1. The molecule has 148 valence electrons. The van der Waals surface area contributed by atoms with E-state index in [0.717, 1.165) is 24.0 Å². The molecule has 1 aromatic heterocycles. The fourth-order valence-corrected chi connectivity index (χ4v) is 3.14. The Kier molecular flexibility index (Phi) is 7.17. The van der Waals surface area contributed by atoms with Gasteiger partial charge in [0.1, 0.15) is 5.70 Å². The third-order valence-corrected chi connectivity index (χ3v) is 4.69. The largest absolute Gasteiger partial charge is 0.333 e. The monoisotopic (exact) mass is 386 g/mol. The molecule has 2 aromatic carbocycles. The van der Waals surface area contributed by atoms with Crippen LogP contribution in [0.1, 0.15) is 30.9 Å². The molecule has 3 aromatic rings. The van der Waals surface area contributed by atoms with Gasteiger partial charge in [0, 0.05) is 25.4 Å². The molecule has 1 heterocycles. The van der Waals surface area contributed by atoms with Gasteiger partial charge in [-0.1, -0.05) is 80.1 Å². The predicted molar refractivity (Wildman–Crippen MR) is 118 cm³/mol. The molecule has 0 fully saturated rings. The zero-order valence-electron chi connectivity index (χ0n) is 16.7. The summed E-state index contributed by atoms with van der Waals surface area (Å²) in [6.07, 6.45) is 5.33. The predicted octanol–water partition coefficient (Wildman–Crippen LogP) is 4.68. The zero-order valence-corrected chi connectivity index (χ0v) is 16.7. The summed E-state index contributed by atoms with van der Waals surface area (Å²) >= 11 is 0. The van der Waals surface area contributed by atoms with Crippen molar-refractivity contribution in [3.63, 3.8) is 0 Å². The van der Waals surface area contributed by atoms with Gasteiger partial charge >= 0.3 is 0 Å². The summed E-state index contributed by atoms with van der Waals surface area (Å²) in [5.74, 6) is -0.153. The molecule has 0 spiro atoms. The maximum Gasteiger partial charge on any atom is 0.271 e. The second kappa shape index (κ2) is 10.2. The third-order valence-electron chi connectivity index (χ3n) is 4.69. The molecule has 1 amide bonds. The van der Waals surface area contributed by atoms with Crippen molar-refractivity contribution in [2.24, 2.45) is 0 Å². The van der Waals surface area contributed by atoms with Crippen molar-refractivity contribution in [1.29, 1.82) is 0 Å². The van der Waals surface area contributed by atoms with Crippen molar-refractivity contribution in [2.45, 2.75) is 26.3 Å². The van der Waals surface area contributed by atoms with Gasteiger partial charge in [0.2, 0.25) is 0 Å². The van der Waals surface area contributed by atoms with Gasteiger partial charge < -0.3 is 4.90 Å². The zero-order chi connectivity index (χ0) is 20.5. The Labute approximate surface area is 171 Å². The number of hydrogen-bond donors (Lipinski definition) is 0. The van der Waals surface area contributed by atoms with Gasteiger partial charge in [-0.3, -0.25) is 14.2 Å². The third kappa shape index (κ3) is 5.55. The summed E-state index contributed by atoms with van der Waals surface area (Å²) in [7, 11) is 0. The smallest absolute Gasteiger partial charge is 0.271 e. The van der Waals surface area contributed by atoms with Gasteiger partial charge in [0.15, 0.2) is 0 Å². The van der Waals surface area contributed by atoms with Gasteiger partial charge in [-0.05, 0) is 29.7 Å². The summed E-state index contributed by atoms with van der Waals surface area (Å²) in [6.45, 7) is 3.25. The van der Waals surface area contributed by atoms with Crippen LogP contribution in [0.15, 0.2) is 89.9 Å². The van der Waals surface area contributed by atoms with E-state index in [1.807, 2.05) is 65.6 Å². The summed E-state index contributed by atoms with van der Waals surface area (Å²) < 4.78 is 1.43. The molecule has 0 saturated carbocycles. The first kappa shape index (κ1) is 20.3. The molecule has 0 aliphatic heterocycles. The highest BCUT2D eigenvalue weighted by atomic mass is 16.2. The van der Waals surface area contributed by atoms with E-state index in [1.165, 1.54) is 10.6 Å². The standard InChI is InChI=1S/C25H26N2O2/c1-2-3-17-26(20-22-14-8-5-9-15-22)25(29)23(19-21-12-6-4-7-13-21)27-18-11-10-16-24(27)28/h4-16,18-19H,2-3,17,20H2,1H3. The van der Waals surface area contributed by atoms with Crippen LogP contribution in [-0.2, 0) is 11.3 Å². The fraction of sp³-hybridized carbons (Fsp3) is 0.200. The van der Waals surface area contributed by atoms with Crippen molar-refractivity contribution >= 4 is 17.7 Å². The van der Waals surface area contributed by atoms with Crippen molar-refractivity contribution in [3.05, 3.63) is 107 Å². The number of hydrogen-bond acceptors (Lipinski definition) is 2. The molecule has 29 heavy (non-hydrogen) atoms. The van der Waals surface area contributed by atoms with Crippen molar-refractivity contribution in [2.75, 3.05) is 6.54 Å². The van der Waals surface area contributed by atoms with Crippen LogP contribution < -0.4 is 5.56 Å². The fourth-order valence-electron chi connectivity index (χ4n) is 3.14. The summed E-state index contributed by atoms with van der Waals surface area (Å²) in [5, 5.41) is 0. The van der Waals surface area contributed by atoms with E-state index in [9.17, 15) is 9.59 Å². The molecule has 4 heteroatoms. The Morgan fingerprint density at radius 1 is 0.931 bits per heavy atom. The van der Waals surface area contributed by atoms with E-state index in [2.05, 4.69) is 6.92 Å². The Balaban J connectivity index is 2.02. The molecule has 3 rings (SSSR count). The molecule has 0 saturated heterocycles. The lowest BCUT2D eigenvalue weighted by atomic mass is 10.1. The average Bonchev–Trinajstić information content (AvgIpc) is 2.76. The number of benzene rings is 2. The van der Waals surface area contributed by atoms with Crippen LogP contribution >= 0.6 is 0 Å². The Morgan fingerprint density at radius 3 is 2.24 bits per heavy atom. The lowest BCUT2D eigenvalue weighted by Crippen LogP contribution is -2.35. The number of aromatic nitrogens is 1. The normalized spacial score (nSPS) is 11.3. The van der Waals surface area contributed by atoms with Gasteiger partial charge in [-0.2, -0.15) is 0 Å². The van der Waals surface area contributed by atoms with Crippen LogP contribution in [0.3, 0.4) is 0 Å². The highest BCUT2D eigenvalue weighted by Gasteiger charge is 2.20. The van der Waals surface area contributed by atoms with E-state index in [4.69, 9.17) is 0 Å². The number of nitrogens with zero attached hydrogens (tertiary/aromatic N) is 2. The van der Waals surface area contributed by atoms with Gasteiger partial charge in [-0.15, -0.1) is 0 Å². The molecule has 0 atom stereocenters. The average molecular weight is 386 g/mol. The molecule has 4 nitrogen and oxygen atoms in total. The minimum atomic E-state index is -0.224. The SMILES string of the molecule is CCCCN(Cc1ccccc1)C(=O)C(=Cc1ccccc1)n1ccccc1=O. The molecular formula is C25H26N2O2. The molecule has 0 N–H and O–H groups in total. The van der Waals surface area contributed by atoms with Gasteiger partial charge in [-0.25, -0.2) is 0 Å². The maximum atomic E-state index is 13.6. The topological polar surface area (TPSA) is 42.3 Å². The highest BCUT2D eigenvalue weighted by molar-refractivity contribution is 6.18. The minimum absolute atomic E-state index is 0.153. The van der Waals surface area contributed by atoms with Crippen LogP contribution in [0, 0.1) is 0 Å². The van der Waals surface area contributed by atoms with E-state index in [-0.39, 0.29) is 11.5 Å². The van der Waals surface area contributed by atoms with E-state index in [0.29, 0.717) is 18.8 Å². The molecule has 0 unspecified atom stereocenters. The molecule has 0 aliphatic rings. The number of carbonyl (C=O) groups is 1. The second-order valence-corrected chi connectivity index (χ2v) is 6.91. The van der Waals surface area contributed by atoms with Crippen LogP contribution in [0.4, 0.5) is 0 Å². The molecule has 0 radical (unpaired) electrons. The van der Waals surface area contributed by atoms with E-state index < -0.39 is 0 Å². The van der Waals surface area contributed by atoms with Crippen molar-refractivity contribution < 1.29 is 4.79 Å². The first-order valence-electron chi connectivity index (χ1n) is 9.97. The Hall–Kier alpha value is -3.40. The molecule has 0 aliphatic carbocycles. The lowest BCUT2D eigenvalue weighted by Gasteiger charge is -2.25. The minimum Gasteiger partial charge on any atom is -0.333 e. The van der Waals surface area contributed by atoms with Gasteiger partial charge in [0.25, 0.3) is 11.5 Å².